The smallest absolute Gasteiger partial charge is 0.238 e. The van der Waals surface area contributed by atoms with E-state index in [0.717, 1.165) is 0 Å². The van der Waals surface area contributed by atoms with Crippen molar-refractivity contribution in [2.75, 3.05) is 11.9 Å². The molecule has 1 heterocycles. The van der Waals surface area contributed by atoms with Gasteiger partial charge in [0.25, 0.3) is 0 Å². The predicted octanol–water partition coefficient (Wildman–Crippen LogP) is 2.06. The van der Waals surface area contributed by atoms with Crippen molar-refractivity contribution in [2.45, 2.75) is 6.54 Å². The van der Waals surface area contributed by atoms with Gasteiger partial charge in [-0.05, 0) is 18.2 Å². The summed E-state index contributed by atoms with van der Waals surface area (Å²) < 4.78 is 4.89. The van der Waals surface area contributed by atoms with Gasteiger partial charge in [0.15, 0.2) is 0 Å². The third kappa shape index (κ3) is 3.87. The lowest BCUT2D eigenvalue weighted by Gasteiger charge is -2.05. The van der Waals surface area contributed by atoms with Gasteiger partial charge in [-0.25, -0.2) is 0 Å². The minimum Gasteiger partial charge on any atom is -0.360 e. The number of carbonyl (C=O) groups excluding carboxylic acids is 1. The van der Waals surface area contributed by atoms with Gasteiger partial charge in [0.05, 0.1) is 19.3 Å². The first kappa shape index (κ1) is 12.6. The van der Waals surface area contributed by atoms with Gasteiger partial charge in [0.1, 0.15) is 5.76 Å². The highest BCUT2D eigenvalue weighted by molar-refractivity contribution is 6.30. The zero-order valence-electron chi connectivity index (χ0n) is 9.52. The molecule has 0 unspecified atom stereocenters. The molecule has 0 bridgehead atoms. The number of amides is 1. The number of rotatable bonds is 5. The van der Waals surface area contributed by atoms with E-state index in [1.165, 1.54) is 0 Å². The zero-order chi connectivity index (χ0) is 12.8. The molecule has 2 N–H and O–H groups in total. The van der Waals surface area contributed by atoms with Crippen LogP contribution in [0.3, 0.4) is 0 Å². The van der Waals surface area contributed by atoms with Gasteiger partial charge in [0, 0.05) is 16.8 Å². The fraction of sp³-hybridized carbons (Fsp3) is 0.167. The van der Waals surface area contributed by atoms with Crippen LogP contribution in [0.25, 0.3) is 0 Å². The van der Waals surface area contributed by atoms with E-state index in [-0.39, 0.29) is 12.5 Å². The number of anilines is 1. The average molecular weight is 266 g/mol. The summed E-state index contributed by atoms with van der Waals surface area (Å²) in [6.07, 6.45) is 1.56. The van der Waals surface area contributed by atoms with Crippen molar-refractivity contribution in [3.8, 4) is 0 Å². The van der Waals surface area contributed by atoms with Crippen LogP contribution in [-0.2, 0) is 11.3 Å². The zero-order valence-corrected chi connectivity index (χ0v) is 10.3. The molecule has 2 aromatic rings. The van der Waals surface area contributed by atoms with Crippen molar-refractivity contribution in [1.29, 1.82) is 0 Å². The van der Waals surface area contributed by atoms with Crippen LogP contribution in [0.1, 0.15) is 5.76 Å². The van der Waals surface area contributed by atoms with E-state index in [1.54, 1.807) is 36.5 Å². The summed E-state index contributed by atoms with van der Waals surface area (Å²) in [6.45, 7) is 0.649. The third-order valence-electron chi connectivity index (χ3n) is 2.18. The van der Waals surface area contributed by atoms with Crippen LogP contribution in [0.15, 0.2) is 41.1 Å². The van der Waals surface area contributed by atoms with E-state index < -0.39 is 0 Å². The van der Waals surface area contributed by atoms with Crippen LogP contribution in [0.4, 0.5) is 5.69 Å². The van der Waals surface area contributed by atoms with E-state index >= 15 is 0 Å². The standard InChI is InChI=1S/C12H12ClN3O2/c13-9-2-1-3-10(6-9)16-12(17)8-14-7-11-4-5-15-18-11/h1-6,14H,7-8H2,(H,16,17). The Morgan fingerprint density at radius 1 is 1.39 bits per heavy atom. The van der Waals surface area contributed by atoms with Crippen LogP contribution in [0, 0.1) is 0 Å². The minimum absolute atomic E-state index is 0.142. The molecule has 18 heavy (non-hydrogen) atoms. The average Bonchev–Trinajstić information content (AvgIpc) is 2.82. The van der Waals surface area contributed by atoms with E-state index in [0.29, 0.717) is 23.0 Å². The molecule has 0 saturated heterocycles. The van der Waals surface area contributed by atoms with Gasteiger partial charge >= 0.3 is 0 Å². The molecule has 0 aliphatic rings. The number of nitrogens with zero attached hydrogens (tertiary/aromatic N) is 1. The summed E-state index contributed by atoms with van der Waals surface area (Å²) in [5.74, 6) is 0.544. The Balaban J connectivity index is 1.75. The summed E-state index contributed by atoms with van der Waals surface area (Å²) >= 11 is 5.81. The minimum atomic E-state index is -0.142. The van der Waals surface area contributed by atoms with Crippen molar-refractivity contribution in [3.05, 3.63) is 47.3 Å². The van der Waals surface area contributed by atoms with Crippen molar-refractivity contribution < 1.29 is 9.32 Å². The molecule has 0 radical (unpaired) electrons. The van der Waals surface area contributed by atoms with E-state index in [2.05, 4.69) is 15.8 Å². The SMILES string of the molecule is O=C(CNCc1ccno1)Nc1cccc(Cl)c1. The largest absolute Gasteiger partial charge is 0.360 e. The first-order chi connectivity index (χ1) is 8.74. The van der Waals surface area contributed by atoms with Crippen molar-refractivity contribution in [3.63, 3.8) is 0 Å². The second-order valence-electron chi connectivity index (χ2n) is 3.64. The fourth-order valence-corrected chi connectivity index (χ4v) is 1.59. The van der Waals surface area contributed by atoms with Crippen LogP contribution in [0.2, 0.25) is 5.02 Å². The molecular formula is C12H12ClN3O2. The summed E-state index contributed by atoms with van der Waals surface area (Å²) in [7, 11) is 0. The fourth-order valence-electron chi connectivity index (χ4n) is 1.40. The first-order valence-electron chi connectivity index (χ1n) is 5.40. The van der Waals surface area contributed by atoms with Gasteiger partial charge < -0.3 is 15.2 Å². The lowest BCUT2D eigenvalue weighted by atomic mass is 10.3. The Kier molecular flexibility index (Phi) is 4.33. The summed E-state index contributed by atoms with van der Waals surface area (Å²) in [6, 6.07) is 8.73. The number of halogens is 1. The van der Waals surface area contributed by atoms with E-state index in [1.807, 2.05) is 0 Å². The summed E-state index contributed by atoms with van der Waals surface area (Å²) in [5.41, 5.74) is 0.675. The van der Waals surface area contributed by atoms with Gasteiger partial charge in [-0.15, -0.1) is 0 Å². The molecule has 0 aliphatic carbocycles. The highest BCUT2D eigenvalue weighted by atomic mass is 35.5. The Hall–Kier alpha value is -1.85. The number of benzene rings is 1. The topological polar surface area (TPSA) is 67.2 Å². The molecule has 5 nitrogen and oxygen atoms in total. The van der Waals surface area contributed by atoms with Crippen molar-refractivity contribution in [1.82, 2.24) is 10.5 Å². The lowest BCUT2D eigenvalue weighted by Crippen LogP contribution is -2.27. The van der Waals surface area contributed by atoms with Crippen LogP contribution < -0.4 is 10.6 Å². The first-order valence-corrected chi connectivity index (χ1v) is 5.77. The van der Waals surface area contributed by atoms with Crippen LogP contribution >= 0.6 is 11.6 Å². The van der Waals surface area contributed by atoms with Gasteiger partial charge in [-0.3, -0.25) is 4.79 Å². The molecule has 1 aromatic carbocycles. The second-order valence-corrected chi connectivity index (χ2v) is 4.08. The maximum absolute atomic E-state index is 11.6. The Labute approximate surface area is 109 Å². The van der Waals surface area contributed by atoms with Gasteiger partial charge in [0.2, 0.25) is 5.91 Å². The Morgan fingerprint density at radius 2 is 2.28 bits per heavy atom. The summed E-state index contributed by atoms with van der Waals surface area (Å²) in [5, 5.41) is 9.83. The molecule has 94 valence electrons. The highest BCUT2D eigenvalue weighted by Gasteiger charge is 2.03. The number of aromatic nitrogens is 1. The molecule has 2 rings (SSSR count). The molecule has 0 spiro atoms. The van der Waals surface area contributed by atoms with Crippen molar-refractivity contribution in [2.24, 2.45) is 0 Å². The number of hydrogen-bond donors (Lipinski definition) is 2. The normalized spacial score (nSPS) is 10.3. The second kappa shape index (κ2) is 6.18. The van der Waals surface area contributed by atoms with Gasteiger partial charge in [-0.1, -0.05) is 22.8 Å². The van der Waals surface area contributed by atoms with Crippen molar-refractivity contribution >= 4 is 23.2 Å². The number of nitrogens with one attached hydrogen (secondary N) is 2. The molecule has 0 saturated carbocycles. The Bertz CT molecular complexity index is 514. The van der Waals surface area contributed by atoms with E-state index in [4.69, 9.17) is 16.1 Å². The number of carbonyl (C=O) groups is 1. The maximum atomic E-state index is 11.6. The third-order valence-corrected chi connectivity index (χ3v) is 2.42. The predicted molar refractivity (Wildman–Crippen MR) is 68.3 cm³/mol. The molecule has 0 atom stereocenters. The van der Waals surface area contributed by atoms with E-state index in [9.17, 15) is 4.79 Å². The Morgan fingerprint density at radius 3 is 3.00 bits per heavy atom. The molecular weight excluding hydrogens is 254 g/mol. The van der Waals surface area contributed by atoms with Crippen LogP contribution in [0.5, 0.6) is 0 Å². The lowest BCUT2D eigenvalue weighted by molar-refractivity contribution is -0.115. The highest BCUT2D eigenvalue weighted by Crippen LogP contribution is 2.14. The number of hydrogen-bond acceptors (Lipinski definition) is 4. The monoisotopic (exact) mass is 265 g/mol. The maximum Gasteiger partial charge on any atom is 0.238 e. The van der Waals surface area contributed by atoms with Crippen LogP contribution in [-0.4, -0.2) is 17.6 Å². The molecule has 1 amide bonds. The van der Waals surface area contributed by atoms with Gasteiger partial charge in [-0.2, -0.15) is 0 Å². The quantitative estimate of drug-likeness (QED) is 0.868. The molecule has 0 fully saturated rings. The molecule has 6 heteroatoms. The molecule has 1 aromatic heterocycles. The molecule has 0 aliphatic heterocycles. The summed E-state index contributed by atoms with van der Waals surface area (Å²) in [4.78, 5) is 11.6.